The molecular formula is C11H19N5S. The van der Waals surface area contributed by atoms with Crippen molar-refractivity contribution in [2.75, 3.05) is 13.6 Å². The smallest absolute Gasteiger partial charge is 0.234 e. The zero-order valence-electron chi connectivity index (χ0n) is 10.8. The quantitative estimate of drug-likeness (QED) is 0.842. The zero-order valence-corrected chi connectivity index (χ0v) is 11.6. The summed E-state index contributed by atoms with van der Waals surface area (Å²) in [5.41, 5.74) is -0.0181. The molecule has 0 unspecified atom stereocenters. The molecule has 0 amide bonds. The van der Waals surface area contributed by atoms with Crippen molar-refractivity contribution in [2.45, 2.75) is 39.0 Å². The molecule has 0 saturated carbocycles. The monoisotopic (exact) mass is 253 g/mol. The molecule has 0 fully saturated rings. The van der Waals surface area contributed by atoms with E-state index in [1.807, 2.05) is 11.6 Å². The highest BCUT2D eigenvalue weighted by molar-refractivity contribution is 7.16. The van der Waals surface area contributed by atoms with E-state index in [0.717, 1.165) is 35.2 Å². The first kappa shape index (κ1) is 12.4. The van der Waals surface area contributed by atoms with E-state index in [2.05, 4.69) is 41.4 Å². The Morgan fingerprint density at radius 3 is 2.71 bits per heavy atom. The van der Waals surface area contributed by atoms with Crippen LogP contribution in [-0.2, 0) is 11.8 Å². The third kappa shape index (κ3) is 2.63. The number of nitrogens with one attached hydrogen (secondary N) is 1. The van der Waals surface area contributed by atoms with Crippen molar-refractivity contribution in [1.29, 1.82) is 0 Å². The molecule has 2 aromatic heterocycles. The van der Waals surface area contributed by atoms with Crippen molar-refractivity contribution in [2.24, 2.45) is 0 Å². The Hall–Kier alpha value is -1.01. The Morgan fingerprint density at radius 1 is 1.29 bits per heavy atom. The number of fused-ring (bicyclic) bond motifs is 1. The van der Waals surface area contributed by atoms with Crippen molar-refractivity contribution in [3.63, 3.8) is 0 Å². The van der Waals surface area contributed by atoms with E-state index in [9.17, 15) is 0 Å². The van der Waals surface area contributed by atoms with Crippen molar-refractivity contribution in [3.05, 3.63) is 10.8 Å². The van der Waals surface area contributed by atoms with Crippen molar-refractivity contribution in [1.82, 2.24) is 25.1 Å². The molecule has 1 N–H and O–H groups in total. The van der Waals surface area contributed by atoms with Crippen LogP contribution in [0, 0.1) is 0 Å². The molecule has 0 aliphatic heterocycles. The van der Waals surface area contributed by atoms with Crippen LogP contribution >= 0.6 is 11.3 Å². The van der Waals surface area contributed by atoms with Gasteiger partial charge in [-0.25, -0.2) is 0 Å². The fourth-order valence-corrected chi connectivity index (χ4v) is 2.52. The Labute approximate surface area is 105 Å². The van der Waals surface area contributed by atoms with Crippen LogP contribution in [0.4, 0.5) is 0 Å². The molecule has 0 bridgehead atoms. The topological polar surface area (TPSA) is 55.1 Å². The SMILES string of the molecule is CNCCCc1nn2c(C(C)(C)C)nnc2s1. The molecule has 2 rings (SSSR count). The van der Waals surface area contributed by atoms with E-state index >= 15 is 0 Å². The van der Waals surface area contributed by atoms with Gasteiger partial charge in [-0.3, -0.25) is 0 Å². The lowest BCUT2D eigenvalue weighted by Crippen LogP contribution is -2.16. The number of aromatic nitrogens is 4. The van der Waals surface area contributed by atoms with E-state index in [-0.39, 0.29) is 5.41 Å². The molecule has 5 nitrogen and oxygen atoms in total. The van der Waals surface area contributed by atoms with Crippen LogP contribution < -0.4 is 5.32 Å². The fraction of sp³-hybridized carbons (Fsp3) is 0.727. The van der Waals surface area contributed by atoms with Gasteiger partial charge >= 0.3 is 0 Å². The van der Waals surface area contributed by atoms with Gasteiger partial charge in [0, 0.05) is 11.8 Å². The number of aryl methyl sites for hydroxylation is 1. The highest BCUT2D eigenvalue weighted by Crippen LogP contribution is 2.23. The van der Waals surface area contributed by atoms with Gasteiger partial charge in [0.2, 0.25) is 4.96 Å². The summed E-state index contributed by atoms with van der Waals surface area (Å²) in [7, 11) is 1.97. The molecule has 17 heavy (non-hydrogen) atoms. The van der Waals surface area contributed by atoms with Crippen LogP contribution in [0.5, 0.6) is 0 Å². The van der Waals surface area contributed by atoms with Gasteiger partial charge in [0.25, 0.3) is 0 Å². The first-order valence-electron chi connectivity index (χ1n) is 5.88. The third-order valence-corrected chi connectivity index (χ3v) is 3.48. The van der Waals surface area contributed by atoms with E-state index in [1.165, 1.54) is 0 Å². The number of hydrogen-bond acceptors (Lipinski definition) is 5. The van der Waals surface area contributed by atoms with Gasteiger partial charge in [-0.15, -0.1) is 10.2 Å². The average Bonchev–Trinajstić information content (AvgIpc) is 2.74. The van der Waals surface area contributed by atoms with Gasteiger partial charge in [0.1, 0.15) is 5.01 Å². The second kappa shape index (κ2) is 4.70. The summed E-state index contributed by atoms with van der Waals surface area (Å²) < 4.78 is 1.89. The zero-order chi connectivity index (χ0) is 12.5. The van der Waals surface area contributed by atoms with Crippen molar-refractivity contribution < 1.29 is 0 Å². The largest absolute Gasteiger partial charge is 0.320 e. The van der Waals surface area contributed by atoms with Crippen LogP contribution in [0.15, 0.2) is 0 Å². The van der Waals surface area contributed by atoms with Gasteiger partial charge in [0.05, 0.1) is 0 Å². The maximum Gasteiger partial charge on any atom is 0.234 e. The normalized spacial score (nSPS) is 12.5. The Morgan fingerprint density at radius 2 is 2.06 bits per heavy atom. The van der Waals surface area contributed by atoms with E-state index in [1.54, 1.807) is 11.3 Å². The highest BCUT2D eigenvalue weighted by Gasteiger charge is 2.23. The molecule has 0 aliphatic rings. The Balaban J connectivity index is 2.23. The number of nitrogens with zero attached hydrogens (tertiary/aromatic N) is 4. The molecule has 0 saturated heterocycles. The van der Waals surface area contributed by atoms with Gasteiger partial charge in [-0.05, 0) is 20.0 Å². The summed E-state index contributed by atoms with van der Waals surface area (Å²) in [5, 5.41) is 17.3. The van der Waals surface area contributed by atoms with Crippen molar-refractivity contribution >= 4 is 16.3 Å². The predicted molar refractivity (Wildman–Crippen MR) is 69.6 cm³/mol. The average molecular weight is 253 g/mol. The number of hydrogen-bond donors (Lipinski definition) is 1. The molecule has 2 aromatic rings. The van der Waals surface area contributed by atoms with E-state index < -0.39 is 0 Å². The summed E-state index contributed by atoms with van der Waals surface area (Å²) in [6, 6.07) is 0. The second-order valence-corrected chi connectivity index (χ2v) is 6.21. The Kier molecular flexibility index (Phi) is 3.44. The summed E-state index contributed by atoms with van der Waals surface area (Å²) in [5.74, 6) is 0.934. The maximum absolute atomic E-state index is 4.59. The van der Waals surface area contributed by atoms with Crippen LogP contribution in [0.25, 0.3) is 4.96 Å². The Bertz CT molecular complexity index is 493. The van der Waals surface area contributed by atoms with Gasteiger partial charge in [0.15, 0.2) is 5.82 Å². The van der Waals surface area contributed by atoms with Gasteiger partial charge in [-0.1, -0.05) is 32.1 Å². The molecule has 6 heteroatoms. The van der Waals surface area contributed by atoms with E-state index in [0.29, 0.717) is 0 Å². The van der Waals surface area contributed by atoms with E-state index in [4.69, 9.17) is 0 Å². The minimum atomic E-state index is -0.0181. The van der Waals surface area contributed by atoms with Crippen molar-refractivity contribution in [3.8, 4) is 0 Å². The number of rotatable bonds is 4. The summed E-state index contributed by atoms with van der Waals surface area (Å²) in [6.07, 6.45) is 2.10. The summed E-state index contributed by atoms with van der Waals surface area (Å²) in [4.78, 5) is 0.898. The highest BCUT2D eigenvalue weighted by atomic mass is 32.1. The van der Waals surface area contributed by atoms with Crippen LogP contribution in [0.3, 0.4) is 0 Å². The molecule has 0 spiro atoms. The minimum Gasteiger partial charge on any atom is -0.320 e. The maximum atomic E-state index is 4.59. The molecule has 0 radical (unpaired) electrons. The van der Waals surface area contributed by atoms with Gasteiger partial charge in [-0.2, -0.15) is 9.61 Å². The first-order chi connectivity index (χ1) is 8.02. The predicted octanol–water partition coefficient (Wildman–Crippen LogP) is 1.64. The molecule has 2 heterocycles. The summed E-state index contributed by atoms with van der Waals surface area (Å²) >= 11 is 1.64. The van der Waals surface area contributed by atoms with Gasteiger partial charge < -0.3 is 5.32 Å². The van der Waals surface area contributed by atoms with Crippen LogP contribution in [0.2, 0.25) is 0 Å². The molecular weight excluding hydrogens is 234 g/mol. The van der Waals surface area contributed by atoms with Crippen LogP contribution in [0.1, 0.15) is 38.0 Å². The fourth-order valence-electron chi connectivity index (χ4n) is 1.64. The third-order valence-electron chi connectivity index (χ3n) is 2.52. The lowest BCUT2D eigenvalue weighted by Gasteiger charge is -2.13. The standard InChI is InChI=1S/C11H19N5S/c1-11(2,3)9-13-14-10-16(9)15-8(17-10)6-5-7-12-4/h12H,5-7H2,1-4H3. The minimum absolute atomic E-state index is 0.0181. The lowest BCUT2D eigenvalue weighted by atomic mass is 9.96. The molecule has 0 aliphatic carbocycles. The molecule has 94 valence electrons. The molecule has 0 atom stereocenters. The lowest BCUT2D eigenvalue weighted by molar-refractivity contribution is 0.526. The molecule has 0 aromatic carbocycles. The summed E-state index contributed by atoms with van der Waals surface area (Å²) in [6.45, 7) is 7.41. The first-order valence-corrected chi connectivity index (χ1v) is 6.70. The second-order valence-electron chi connectivity index (χ2n) is 5.17. The van der Waals surface area contributed by atoms with Crippen LogP contribution in [-0.4, -0.2) is 33.4 Å².